The number of halogens is 2. The number of pyridine rings is 1. The van der Waals surface area contributed by atoms with Crippen LogP contribution in [0.5, 0.6) is 11.5 Å². The number of hydrogen-bond acceptors (Lipinski definition) is 8. The molecule has 1 aromatic carbocycles. The standard InChI is InChI=1S/C18H13F2N3O7/c1-28-13-7-11(12(23(26)27)8-14(13)30-18(19)20)17(25)29-9-10-6-16(24)22-5-3-2-4-15(22)21-10/h2-8,18H,9H2,1H3. The van der Waals surface area contributed by atoms with Crippen LogP contribution in [0, 0.1) is 10.1 Å². The summed E-state index contributed by atoms with van der Waals surface area (Å²) in [5, 5.41) is 11.3. The Balaban J connectivity index is 1.89. The van der Waals surface area contributed by atoms with Gasteiger partial charge in [-0.05, 0) is 12.1 Å². The number of rotatable bonds is 7. The van der Waals surface area contributed by atoms with E-state index in [0.29, 0.717) is 11.7 Å². The van der Waals surface area contributed by atoms with Crippen molar-refractivity contribution in [3.8, 4) is 11.5 Å². The molecule has 12 heteroatoms. The first-order valence-corrected chi connectivity index (χ1v) is 8.26. The van der Waals surface area contributed by atoms with Crippen molar-refractivity contribution in [3.63, 3.8) is 0 Å². The second-order valence-corrected chi connectivity index (χ2v) is 5.75. The third-order valence-electron chi connectivity index (χ3n) is 3.89. The molecular weight excluding hydrogens is 408 g/mol. The summed E-state index contributed by atoms with van der Waals surface area (Å²) in [6, 6.07) is 7.53. The number of aromatic nitrogens is 2. The Labute approximate surface area is 166 Å². The minimum absolute atomic E-state index is 0.117. The maximum atomic E-state index is 12.5. The average Bonchev–Trinajstić information content (AvgIpc) is 2.71. The molecule has 3 aromatic rings. The van der Waals surface area contributed by atoms with Crippen LogP contribution in [0.25, 0.3) is 5.65 Å². The molecule has 0 spiro atoms. The fraction of sp³-hybridized carbons (Fsp3) is 0.167. The molecule has 0 unspecified atom stereocenters. The number of carbonyl (C=O) groups excluding carboxylic acids is 1. The van der Waals surface area contributed by atoms with Gasteiger partial charge in [0.25, 0.3) is 11.2 Å². The van der Waals surface area contributed by atoms with E-state index in [1.54, 1.807) is 18.2 Å². The molecule has 0 radical (unpaired) electrons. The van der Waals surface area contributed by atoms with Gasteiger partial charge >= 0.3 is 12.6 Å². The second kappa shape index (κ2) is 8.51. The lowest BCUT2D eigenvalue weighted by molar-refractivity contribution is -0.385. The van der Waals surface area contributed by atoms with Crippen LogP contribution in [-0.4, -0.2) is 34.0 Å². The molecule has 0 aliphatic rings. The normalized spacial score (nSPS) is 10.8. The van der Waals surface area contributed by atoms with Gasteiger partial charge in [-0.15, -0.1) is 0 Å². The summed E-state index contributed by atoms with van der Waals surface area (Å²) in [6.45, 7) is -3.71. The van der Waals surface area contributed by atoms with Crippen molar-refractivity contribution in [2.24, 2.45) is 0 Å². The zero-order chi connectivity index (χ0) is 21.8. The number of hydrogen-bond donors (Lipinski definition) is 0. The van der Waals surface area contributed by atoms with Crippen LogP contribution in [0.2, 0.25) is 0 Å². The second-order valence-electron chi connectivity index (χ2n) is 5.75. The van der Waals surface area contributed by atoms with Crippen LogP contribution in [0.4, 0.5) is 14.5 Å². The highest BCUT2D eigenvalue weighted by atomic mass is 19.3. The van der Waals surface area contributed by atoms with E-state index in [2.05, 4.69) is 9.72 Å². The number of nitrogens with zero attached hydrogens (tertiary/aromatic N) is 3. The van der Waals surface area contributed by atoms with E-state index < -0.39 is 46.7 Å². The molecule has 0 aliphatic heterocycles. The van der Waals surface area contributed by atoms with Gasteiger partial charge in [-0.3, -0.25) is 19.3 Å². The molecule has 0 fully saturated rings. The molecular formula is C18H13F2N3O7. The summed E-state index contributed by atoms with van der Waals surface area (Å²) in [6.07, 6.45) is 1.51. The van der Waals surface area contributed by atoms with Gasteiger partial charge < -0.3 is 14.2 Å². The average molecular weight is 421 g/mol. The maximum Gasteiger partial charge on any atom is 0.387 e. The Morgan fingerprint density at radius 1 is 1.27 bits per heavy atom. The topological polar surface area (TPSA) is 122 Å². The molecule has 0 N–H and O–H groups in total. The van der Waals surface area contributed by atoms with E-state index in [0.717, 1.165) is 19.2 Å². The molecule has 2 heterocycles. The van der Waals surface area contributed by atoms with Crippen LogP contribution in [0.3, 0.4) is 0 Å². The highest BCUT2D eigenvalue weighted by Gasteiger charge is 2.27. The van der Waals surface area contributed by atoms with Gasteiger partial charge in [-0.2, -0.15) is 8.78 Å². The van der Waals surface area contributed by atoms with Crippen molar-refractivity contribution in [1.29, 1.82) is 0 Å². The Morgan fingerprint density at radius 2 is 2.03 bits per heavy atom. The zero-order valence-electron chi connectivity index (χ0n) is 15.3. The summed E-state index contributed by atoms with van der Waals surface area (Å²) < 4.78 is 40.4. The molecule has 10 nitrogen and oxygen atoms in total. The van der Waals surface area contributed by atoms with Gasteiger partial charge in [0, 0.05) is 18.3 Å². The Hall–Kier alpha value is -4.09. The van der Waals surface area contributed by atoms with Gasteiger partial charge in [0.15, 0.2) is 11.5 Å². The van der Waals surface area contributed by atoms with Crippen molar-refractivity contribution in [2.75, 3.05) is 7.11 Å². The first-order valence-electron chi connectivity index (χ1n) is 8.26. The molecule has 30 heavy (non-hydrogen) atoms. The minimum atomic E-state index is -3.26. The minimum Gasteiger partial charge on any atom is -0.493 e. The highest BCUT2D eigenvalue weighted by Crippen LogP contribution is 2.36. The van der Waals surface area contributed by atoms with E-state index in [9.17, 15) is 28.5 Å². The van der Waals surface area contributed by atoms with E-state index in [-0.39, 0.29) is 11.4 Å². The lowest BCUT2D eigenvalue weighted by Gasteiger charge is -2.12. The number of nitro benzene ring substituents is 1. The van der Waals surface area contributed by atoms with E-state index in [1.165, 1.54) is 10.6 Å². The first-order chi connectivity index (χ1) is 14.3. The van der Waals surface area contributed by atoms with Gasteiger partial charge in [0.1, 0.15) is 17.8 Å². The number of alkyl halides is 2. The van der Waals surface area contributed by atoms with Crippen LogP contribution < -0.4 is 15.0 Å². The molecule has 3 rings (SSSR count). The Kier molecular flexibility index (Phi) is 5.85. The van der Waals surface area contributed by atoms with Gasteiger partial charge in [0.2, 0.25) is 0 Å². The van der Waals surface area contributed by atoms with Crippen molar-refractivity contribution in [3.05, 3.63) is 74.3 Å². The number of ether oxygens (including phenoxy) is 3. The monoisotopic (exact) mass is 421 g/mol. The molecule has 0 bridgehead atoms. The number of benzene rings is 1. The molecule has 0 amide bonds. The van der Waals surface area contributed by atoms with E-state index in [4.69, 9.17) is 9.47 Å². The van der Waals surface area contributed by atoms with Crippen molar-refractivity contribution in [2.45, 2.75) is 13.2 Å². The number of carbonyl (C=O) groups is 1. The fourth-order valence-electron chi connectivity index (χ4n) is 2.61. The number of methoxy groups -OCH3 is 1. The van der Waals surface area contributed by atoms with E-state index in [1.807, 2.05) is 0 Å². The first kappa shape index (κ1) is 20.6. The molecule has 0 saturated heterocycles. The third kappa shape index (κ3) is 4.32. The highest BCUT2D eigenvalue weighted by molar-refractivity contribution is 5.95. The molecule has 156 valence electrons. The quantitative estimate of drug-likeness (QED) is 0.324. The third-order valence-corrected chi connectivity index (χ3v) is 3.89. The number of nitro groups is 1. The fourth-order valence-corrected chi connectivity index (χ4v) is 2.61. The lowest BCUT2D eigenvalue weighted by atomic mass is 10.1. The molecule has 2 aromatic heterocycles. The van der Waals surface area contributed by atoms with Gasteiger partial charge in [-0.1, -0.05) is 6.07 Å². The number of esters is 1. The van der Waals surface area contributed by atoms with Crippen molar-refractivity contribution < 1.29 is 32.7 Å². The SMILES string of the molecule is COc1cc(C(=O)OCc2cc(=O)n3ccccc3n2)c([N+](=O)[O-])cc1OC(F)F. The van der Waals surface area contributed by atoms with Crippen LogP contribution in [0.15, 0.2) is 47.4 Å². The van der Waals surface area contributed by atoms with Crippen LogP contribution >= 0.6 is 0 Å². The molecule has 0 aliphatic carbocycles. The summed E-state index contributed by atoms with van der Waals surface area (Å²) in [5.74, 6) is -2.08. The molecule has 0 atom stereocenters. The Bertz CT molecular complexity index is 1180. The predicted molar refractivity (Wildman–Crippen MR) is 96.9 cm³/mol. The van der Waals surface area contributed by atoms with Gasteiger partial charge in [-0.25, -0.2) is 9.78 Å². The smallest absolute Gasteiger partial charge is 0.387 e. The summed E-state index contributed by atoms with van der Waals surface area (Å²) >= 11 is 0. The summed E-state index contributed by atoms with van der Waals surface area (Å²) in [7, 11) is 1.11. The maximum absolute atomic E-state index is 12.5. The van der Waals surface area contributed by atoms with Crippen LogP contribution in [0.1, 0.15) is 16.1 Å². The Morgan fingerprint density at radius 3 is 2.70 bits per heavy atom. The van der Waals surface area contributed by atoms with Crippen molar-refractivity contribution >= 4 is 17.3 Å². The lowest BCUT2D eigenvalue weighted by Crippen LogP contribution is -2.16. The van der Waals surface area contributed by atoms with Crippen LogP contribution in [-0.2, 0) is 11.3 Å². The number of fused-ring (bicyclic) bond motifs is 1. The van der Waals surface area contributed by atoms with Crippen molar-refractivity contribution in [1.82, 2.24) is 9.38 Å². The zero-order valence-corrected chi connectivity index (χ0v) is 15.3. The molecule has 0 saturated carbocycles. The summed E-state index contributed by atoms with van der Waals surface area (Å²) in [4.78, 5) is 39.0. The van der Waals surface area contributed by atoms with E-state index >= 15 is 0 Å². The summed E-state index contributed by atoms with van der Waals surface area (Å²) in [5.41, 5.74) is -1.34. The largest absolute Gasteiger partial charge is 0.493 e. The predicted octanol–water partition coefficient (Wildman–Crippen LogP) is 2.57. The van der Waals surface area contributed by atoms with Gasteiger partial charge in [0.05, 0.1) is 23.8 Å².